The molecule has 2 heterocycles. The zero-order valence-corrected chi connectivity index (χ0v) is 10.6. The van der Waals surface area contributed by atoms with E-state index in [1.807, 2.05) is 37.3 Å². The van der Waals surface area contributed by atoms with E-state index in [0.29, 0.717) is 12.8 Å². The molecule has 4 heteroatoms. The molecule has 1 fully saturated rings. The van der Waals surface area contributed by atoms with Gasteiger partial charge in [0.1, 0.15) is 0 Å². The minimum absolute atomic E-state index is 0.160. The molecule has 1 aliphatic heterocycles. The number of rotatable bonds is 2. The van der Waals surface area contributed by atoms with E-state index in [4.69, 9.17) is 0 Å². The number of imide groups is 1. The molecule has 1 N–H and O–H groups in total. The second kappa shape index (κ2) is 4.46. The number of hydrogen-bond acceptors (Lipinski definition) is 3. The lowest BCUT2D eigenvalue weighted by Crippen LogP contribution is -2.22. The molecule has 1 saturated heterocycles. The van der Waals surface area contributed by atoms with E-state index < -0.39 is 0 Å². The topological polar surface area (TPSA) is 59.1 Å². The van der Waals surface area contributed by atoms with Crippen LogP contribution in [0.5, 0.6) is 0 Å². The fourth-order valence-electron chi connectivity index (χ4n) is 2.46. The van der Waals surface area contributed by atoms with Gasteiger partial charge in [0.15, 0.2) is 0 Å². The molecule has 2 aromatic rings. The second-order valence-electron chi connectivity index (χ2n) is 5.00. The monoisotopic (exact) mass is 254 g/mol. The van der Waals surface area contributed by atoms with Gasteiger partial charge in [-0.25, -0.2) is 0 Å². The number of pyridine rings is 1. The van der Waals surface area contributed by atoms with Crippen LogP contribution < -0.4 is 5.32 Å². The predicted molar refractivity (Wildman–Crippen MR) is 71.4 cm³/mol. The van der Waals surface area contributed by atoms with Gasteiger partial charge >= 0.3 is 0 Å². The predicted octanol–water partition coefficient (Wildman–Crippen LogP) is 1.75. The third-order valence-electron chi connectivity index (χ3n) is 3.44. The highest BCUT2D eigenvalue weighted by Gasteiger charge is 2.30. The molecule has 1 aliphatic rings. The van der Waals surface area contributed by atoms with Gasteiger partial charge in [-0.3, -0.25) is 19.9 Å². The first kappa shape index (κ1) is 11.8. The molecule has 0 spiro atoms. The molecule has 0 bridgehead atoms. The number of benzene rings is 1. The van der Waals surface area contributed by atoms with Crippen LogP contribution in [0.1, 0.15) is 17.7 Å². The van der Waals surface area contributed by atoms with E-state index in [1.54, 1.807) is 0 Å². The maximum Gasteiger partial charge on any atom is 0.230 e. The van der Waals surface area contributed by atoms with Crippen LogP contribution in [0.15, 0.2) is 30.3 Å². The first-order chi connectivity index (χ1) is 9.11. The smallest absolute Gasteiger partial charge is 0.230 e. The number of aryl methyl sites for hydroxylation is 1. The van der Waals surface area contributed by atoms with Crippen molar-refractivity contribution in [3.05, 3.63) is 41.6 Å². The van der Waals surface area contributed by atoms with Gasteiger partial charge in [0.25, 0.3) is 0 Å². The Kier molecular flexibility index (Phi) is 2.78. The standard InChI is InChI=1S/C15H14N2O2/c1-9-2-4-11-6-10(3-5-13(11)16-9)7-12-8-14(18)17-15(12)19/h2-6,12H,7-8H2,1H3,(H,17,18,19). The molecular formula is C15H14N2O2. The molecule has 1 atom stereocenters. The number of carbonyl (C=O) groups excluding carboxylic acids is 2. The van der Waals surface area contributed by atoms with Crippen LogP contribution in [-0.2, 0) is 16.0 Å². The molecule has 96 valence electrons. The fraction of sp³-hybridized carbons (Fsp3) is 0.267. The van der Waals surface area contributed by atoms with Gasteiger partial charge in [0.2, 0.25) is 11.8 Å². The summed E-state index contributed by atoms with van der Waals surface area (Å²) < 4.78 is 0. The van der Waals surface area contributed by atoms with E-state index in [2.05, 4.69) is 10.3 Å². The van der Waals surface area contributed by atoms with E-state index >= 15 is 0 Å². The van der Waals surface area contributed by atoms with Gasteiger partial charge in [0.05, 0.1) is 11.4 Å². The van der Waals surface area contributed by atoms with Gasteiger partial charge in [-0.2, -0.15) is 0 Å². The minimum Gasteiger partial charge on any atom is -0.296 e. The van der Waals surface area contributed by atoms with E-state index in [-0.39, 0.29) is 17.7 Å². The summed E-state index contributed by atoms with van der Waals surface area (Å²) in [5, 5.41) is 3.40. The van der Waals surface area contributed by atoms with E-state index in [9.17, 15) is 9.59 Å². The third-order valence-corrected chi connectivity index (χ3v) is 3.44. The average molecular weight is 254 g/mol. The Hall–Kier alpha value is -2.23. The van der Waals surface area contributed by atoms with Crippen molar-refractivity contribution in [3.63, 3.8) is 0 Å². The largest absolute Gasteiger partial charge is 0.296 e. The number of amides is 2. The second-order valence-corrected chi connectivity index (χ2v) is 5.00. The Balaban J connectivity index is 1.87. The molecule has 1 aromatic carbocycles. The molecule has 0 saturated carbocycles. The first-order valence-corrected chi connectivity index (χ1v) is 6.32. The summed E-state index contributed by atoms with van der Waals surface area (Å²) in [7, 11) is 0. The molecule has 1 unspecified atom stereocenters. The molecule has 4 nitrogen and oxygen atoms in total. The Bertz CT molecular complexity index is 679. The molecule has 1 aromatic heterocycles. The van der Waals surface area contributed by atoms with Gasteiger partial charge in [-0.05, 0) is 37.1 Å². The van der Waals surface area contributed by atoms with Crippen molar-refractivity contribution in [2.45, 2.75) is 19.8 Å². The lowest BCUT2D eigenvalue weighted by atomic mass is 9.97. The van der Waals surface area contributed by atoms with Crippen molar-refractivity contribution in [1.82, 2.24) is 10.3 Å². The maximum atomic E-state index is 11.6. The van der Waals surface area contributed by atoms with Crippen molar-refractivity contribution in [1.29, 1.82) is 0 Å². The summed E-state index contributed by atoms with van der Waals surface area (Å²) in [6.45, 7) is 1.96. The summed E-state index contributed by atoms with van der Waals surface area (Å²) in [4.78, 5) is 27.2. The van der Waals surface area contributed by atoms with Gasteiger partial charge < -0.3 is 0 Å². The highest BCUT2D eigenvalue weighted by atomic mass is 16.2. The zero-order valence-electron chi connectivity index (χ0n) is 10.6. The van der Waals surface area contributed by atoms with Crippen LogP contribution in [0.25, 0.3) is 10.9 Å². The number of nitrogens with zero attached hydrogens (tertiary/aromatic N) is 1. The van der Waals surface area contributed by atoms with Crippen molar-refractivity contribution in [3.8, 4) is 0 Å². The SMILES string of the molecule is Cc1ccc2cc(CC3CC(=O)NC3=O)ccc2n1. The fourth-order valence-corrected chi connectivity index (χ4v) is 2.46. The first-order valence-electron chi connectivity index (χ1n) is 6.32. The quantitative estimate of drug-likeness (QED) is 0.830. The Morgan fingerprint density at radius 3 is 2.84 bits per heavy atom. The summed E-state index contributed by atoms with van der Waals surface area (Å²) in [6, 6.07) is 9.98. The zero-order chi connectivity index (χ0) is 13.4. The highest BCUT2D eigenvalue weighted by molar-refractivity contribution is 6.03. The normalized spacial score (nSPS) is 18.9. The van der Waals surface area contributed by atoms with Crippen LogP contribution in [0, 0.1) is 12.8 Å². The lowest BCUT2D eigenvalue weighted by molar-refractivity contribution is -0.125. The van der Waals surface area contributed by atoms with Crippen LogP contribution >= 0.6 is 0 Å². The van der Waals surface area contributed by atoms with Crippen LogP contribution in [0.4, 0.5) is 0 Å². The molecule has 0 aliphatic carbocycles. The Morgan fingerprint density at radius 1 is 1.26 bits per heavy atom. The Morgan fingerprint density at radius 2 is 2.11 bits per heavy atom. The molecule has 0 radical (unpaired) electrons. The Labute approximate surface area is 110 Å². The van der Waals surface area contributed by atoms with E-state index in [0.717, 1.165) is 22.2 Å². The van der Waals surface area contributed by atoms with Gasteiger partial charge in [-0.15, -0.1) is 0 Å². The highest BCUT2D eigenvalue weighted by Crippen LogP contribution is 2.20. The van der Waals surface area contributed by atoms with E-state index in [1.165, 1.54) is 0 Å². The summed E-state index contributed by atoms with van der Waals surface area (Å²) in [5.74, 6) is -0.566. The number of fused-ring (bicyclic) bond motifs is 1. The summed E-state index contributed by atoms with van der Waals surface area (Å²) in [5.41, 5.74) is 3.00. The van der Waals surface area contributed by atoms with Gasteiger partial charge in [0, 0.05) is 17.5 Å². The molecule has 3 rings (SSSR count). The summed E-state index contributed by atoms with van der Waals surface area (Å²) in [6.07, 6.45) is 0.893. The van der Waals surface area contributed by atoms with Crippen molar-refractivity contribution in [2.75, 3.05) is 0 Å². The van der Waals surface area contributed by atoms with Crippen LogP contribution in [0.2, 0.25) is 0 Å². The van der Waals surface area contributed by atoms with Crippen molar-refractivity contribution < 1.29 is 9.59 Å². The van der Waals surface area contributed by atoms with Crippen molar-refractivity contribution in [2.24, 2.45) is 5.92 Å². The molecular weight excluding hydrogens is 240 g/mol. The van der Waals surface area contributed by atoms with Gasteiger partial charge in [-0.1, -0.05) is 12.1 Å². The number of nitrogens with one attached hydrogen (secondary N) is 1. The molecule has 2 amide bonds. The number of aromatic nitrogens is 1. The average Bonchev–Trinajstić information content (AvgIpc) is 2.68. The van der Waals surface area contributed by atoms with Crippen LogP contribution in [0.3, 0.4) is 0 Å². The number of carbonyl (C=O) groups is 2. The molecule has 19 heavy (non-hydrogen) atoms. The summed E-state index contributed by atoms with van der Waals surface area (Å²) >= 11 is 0. The third kappa shape index (κ3) is 2.34. The number of hydrogen-bond donors (Lipinski definition) is 1. The van der Waals surface area contributed by atoms with Crippen molar-refractivity contribution >= 4 is 22.7 Å². The van der Waals surface area contributed by atoms with Crippen LogP contribution in [-0.4, -0.2) is 16.8 Å². The lowest BCUT2D eigenvalue weighted by Gasteiger charge is -2.07. The minimum atomic E-state index is -0.233. The maximum absolute atomic E-state index is 11.6.